The van der Waals surface area contributed by atoms with Crippen LogP contribution in [0.4, 0.5) is 0 Å². The van der Waals surface area contributed by atoms with E-state index in [0.717, 1.165) is 17.9 Å². The third-order valence-electron chi connectivity index (χ3n) is 5.06. The van der Waals surface area contributed by atoms with Crippen LogP contribution in [0.3, 0.4) is 0 Å². The number of thioether (sulfide) groups is 1. The summed E-state index contributed by atoms with van der Waals surface area (Å²) in [6.07, 6.45) is 5.87. The zero-order valence-electron chi connectivity index (χ0n) is 15.1. The Labute approximate surface area is 158 Å². The molecule has 0 spiro atoms. The van der Waals surface area contributed by atoms with Crippen LogP contribution in [0.25, 0.3) is 10.8 Å². The predicted octanol–water partition coefficient (Wildman–Crippen LogP) is 5.32. The van der Waals surface area contributed by atoms with Crippen LogP contribution in [0.1, 0.15) is 41.7 Å². The smallest absolute Gasteiger partial charge is 0.257 e. The second-order valence-corrected chi connectivity index (χ2v) is 7.54. The molecular formula is C22H22N2OS. The van der Waals surface area contributed by atoms with E-state index in [-0.39, 0.29) is 11.9 Å². The molecule has 4 heteroatoms. The summed E-state index contributed by atoms with van der Waals surface area (Å²) >= 11 is 1.52. The highest BCUT2D eigenvalue weighted by atomic mass is 32.2. The maximum atomic E-state index is 13.4. The molecule has 4 rings (SSSR count). The Bertz CT molecular complexity index is 946. The zero-order chi connectivity index (χ0) is 18.1. The lowest BCUT2D eigenvalue weighted by atomic mass is 9.98. The van der Waals surface area contributed by atoms with E-state index >= 15 is 0 Å². The van der Waals surface area contributed by atoms with Gasteiger partial charge in [-0.2, -0.15) is 0 Å². The summed E-state index contributed by atoms with van der Waals surface area (Å²) in [7, 11) is 0. The van der Waals surface area contributed by atoms with Gasteiger partial charge in [0, 0.05) is 12.2 Å². The summed E-state index contributed by atoms with van der Waals surface area (Å²) in [5, 5.41) is 3.23. The minimum Gasteiger partial charge on any atom is -0.329 e. The van der Waals surface area contributed by atoms with Gasteiger partial charge in [0.1, 0.15) is 5.03 Å². The number of nitrogens with zero attached hydrogens (tertiary/aromatic N) is 2. The van der Waals surface area contributed by atoms with Crippen LogP contribution in [0.5, 0.6) is 0 Å². The average Bonchev–Trinajstić information content (AvgIpc) is 3.52. The van der Waals surface area contributed by atoms with Crippen molar-refractivity contribution in [3.05, 3.63) is 71.9 Å². The van der Waals surface area contributed by atoms with Gasteiger partial charge in [0.05, 0.1) is 11.6 Å². The largest absolute Gasteiger partial charge is 0.329 e. The highest BCUT2D eigenvalue weighted by molar-refractivity contribution is 7.98. The molecule has 26 heavy (non-hydrogen) atoms. The van der Waals surface area contributed by atoms with Crippen LogP contribution in [0.2, 0.25) is 0 Å². The number of rotatable bonds is 5. The maximum Gasteiger partial charge on any atom is 0.257 e. The third-order valence-corrected chi connectivity index (χ3v) is 5.77. The average molecular weight is 362 g/mol. The van der Waals surface area contributed by atoms with Gasteiger partial charge in [-0.3, -0.25) is 4.79 Å². The minimum atomic E-state index is 0.0241. The second-order valence-electron chi connectivity index (χ2n) is 6.75. The zero-order valence-corrected chi connectivity index (χ0v) is 15.9. The molecule has 1 aliphatic rings. The second kappa shape index (κ2) is 7.12. The summed E-state index contributed by atoms with van der Waals surface area (Å²) in [5.74, 6) is 0.0883. The molecule has 0 radical (unpaired) electrons. The number of pyridine rings is 1. The molecule has 1 fully saturated rings. The summed E-state index contributed by atoms with van der Waals surface area (Å²) in [4.78, 5) is 19.9. The van der Waals surface area contributed by atoms with Gasteiger partial charge in [-0.25, -0.2) is 4.98 Å². The van der Waals surface area contributed by atoms with Crippen molar-refractivity contribution in [2.24, 2.45) is 0 Å². The number of hydrogen-bond acceptors (Lipinski definition) is 3. The summed E-state index contributed by atoms with van der Waals surface area (Å²) in [6.45, 7) is 2.15. The first-order chi connectivity index (χ1) is 12.7. The molecule has 0 saturated heterocycles. The monoisotopic (exact) mass is 362 g/mol. The molecule has 1 aliphatic carbocycles. The lowest BCUT2D eigenvalue weighted by Gasteiger charge is -2.31. The fourth-order valence-electron chi connectivity index (χ4n) is 3.63. The van der Waals surface area contributed by atoms with E-state index in [1.807, 2.05) is 18.4 Å². The number of aromatic nitrogens is 1. The quantitative estimate of drug-likeness (QED) is 0.576. The van der Waals surface area contributed by atoms with Crippen LogP contribution in [-0.2, 0) is 0 Å². The fourth-order valence-corrected chi connectivity index (χ4v) is 4.17. The van der Waals surface area contributed by atoms with Crippen molar-refractivity contribution in [1.29, 1.82) is 0 Å². The number of benzene rings is 2. The molecule has 1 atom stereocenters. The first-order valence-corrected chi connectivity index (χ1v) is 10.2. The highest BCUT2D eigenvalue weighted by Gasteiger charge is 2.37. The van der Waals surface area contributed by atoms with Crippen molar-refractivity contribution >= 4 is 28.4 Å². The Kier molecular flexibility index (Phi) is 4.68. The lowest BCUT2D eigenvalue weighted by Crippen LogP contribution is -2.36. The van der Waals surface area contributed by atoms with Crippen molar-refractivity contribution < 1.29 is 4.79 Å². The Hall–Kier alpha value is -2.33. The Morgan fingerprint density at radius 1 is 1.12 bits per heavy atom. The molecular weight excluding hydrogens is 340 g/mol. The normalized spacial score (nSPS) is 15.0. The van der Waals surface area contributed by atoms with Crippen LogP contribution in [-0.4, -0.2) is 28.1 Å². The molecule has 0 aliphatic heterocycles. The summed E-state index contributed by atoms with van der Waals surface area (Å²) in [6, 6.07) is 18.8. The van der Waals surface area contributed by atoms with E-state index in [2.05, 4.69) is 59.3 Å². The van der Waals surface area contributed by atoms with Crippen LogP contribution in [0.15, 0.2) is 65.8 Å². The molecule has 3 nitrogen and oxygen atoms in total. The third kappa shape index (κ3) is 3.10. The number of amides is 1. The predicted molar refractivity (Wildman–Crippen MR) is 108 cm³/mol. The molecule has 0 N–H and O–H groups in total. The Morgan fingerprint density at radius 3 is 2.65 bits per heavy atom. The molecule has 1 saturated carbocycles. The van der Waals surface area contributed by atoms with E-state index in [0.29, 0.717) is 11.6 Å². The van der Waals surface area contributed by atoms with Crippen molar-refractivity contribution in [2.45, 2.75) is 36.9 Å². The molecule has 1 aromatic heterocycles. The number of fused-ring (bicyclic) bond motifs is 1. The van der Waals surface area contributed by atoms with Gasteiger partial charge in [0.2, 0.25) is 0 Å². The van der Waals surface area contributed by atoms with E-state index in [1.54, 1.807) is 6.20 Å². The molecule has 1 amide bonds. The topological polar surface area (TPSA) is 33.2 Å². The Morgan fingerprint density at radius 2 is 1.88 bits per heavy atom. The van der Waals surface area contributed by atoms with Crippen LogP contribution >= 0.6 is 11.8 Å². The molecule has 1 heterocycles. The number of hydrogen-bond donors (Lipinski definition) is 0. The van der Waals surface area contributed by atoms with Gasteiger partial charge in [-0.1, -0.05) is 42.5 Å². The van der Waals surface area contributed by atoms with Gasteiger partial charge in [0.15, 0.2) is 0 Å². The first-order valence-electron chi connectivity index (χ1n) is 9.00. The van der Waals surface area contributed by atoms with E-state index in [1.165, 1.54) is 28.1 Å². The van der Waals surface area contributed by atoms with Gasteiger partial charge in [0.25, 0.3) is 5.91 Å². The molecule has 2 aromatic carbocycles. The standard InChI is InChI=1S/C22H22N2OS/c1-15(18-10-5-8-16-7-3-4-9-19(16)18)24(17-12-13-17)22(25)20-11-6-14-23-21(20)26-2/h3-11,14-15,17H,12-13H2,1-2H3/t15-/m0/s1. The van der Waals surface area contributed by atoms with E-state index in [4.69, 9.17) is 0 Å². The lowest BCUT2D eigenvalue weighted by molar-refractivity contribution is 0.0670. The molecule has 3 aromatic rings. The van der Waals surface area contributed by atoms with Crippen molar-refractivity contribution in [3.63, 3.8) is 0 Å². The molecule has 0 unspecified atom stereocenters. The van der Waals surface area contributed by atoms with Gasteiger partial charge in [-0.15, -0.1) is 11.8 Å². The summed E-state index contributed by atoms with van der Waals surface area (Å²) in [5.41, 5.74) is 1.91. The molecule has 0 bridgehead atoms. The van der Waals surface area contributed by atoms with Crippen LogP contribution < -0.4 is 0 Å². The van der Waals surface area contributed by atoms with Crippen molar-refractivity contribution in [3.8, 4) is 0 Å². The van der Waals surface area contributed by atoms with E-state index < -0.39 is 0 Å². The van der Waals surface area contributed by atoms with Gasteiger partial charge in [-0.05, 0) is 54.5 Å². The van der Waals surface area contributed by atoms with Crippen molar-refractivity contribution in [2.75, 3.05) is 6.26 Å². The SMILES string of the molecule is CSc1ncccc1C(=O)N(C1CC1)[C@@H](C)c1cccc2ccccc12. The van der Waals surface area contributed by atoms with E-state index in [9.17, 15) is 4.79 Å². The minimum absolute atomic E-state index is 0.0241. The fraction of sp³-hybridized carbons (Fsp3) is 0.273. The highest BCUT2D eigenvalue weighted by Crippen LogP contribution is 2.38. The number of carbonyl (C=O) groups excluding carboxylic acids is 1. The van der Waals surface area contributed by atoms with Gasteiger partial charge >= 0.3 is 0 Å². The summed E-state index contributed by atoms with van der Waals surface area (Å²) < 4.78 is 0. The maximum absolute atomic E-state index is 13.4. The number of carbonyl (C=O) groups is 1. The van der Waals surface area contributed by atoms with Crippen LogP contribution in [0, 0.1) is 0 Å². The van der Waals surface area contributed by atoms with Crippen molar-refractivity contribution in [1.82, 2.24) is 9.88 Å². The Balaban J connectivity index is 1.76. The van der Waals surface area contributed by atoms with Gasteiger partial charge < -0.3 is 4.90 Å². The molecule has 132 valence electrons. The first kappa shape index (κ1) is 17.1.